The summed E-state index contributed by atoms with van der Waals surface area (Å²) in [5.74, 6) is 0.323. The lowest BCUT2D eigenvalue weighted by molar-refractivity contribution is 0.0604. The number of methoxy groups -OCH3 is 1. The summed E-state index contributed by atoms with van der Waals surface area (Å²) in [6.07, 6.45) is 0. The van der Waals surface area contributed by atoms with E-state index in [2.05, 4.69) is 4.98 Å². The second-order valence-corrected chi connectivity index (χ2v) is 5.36. The Balaban J connectivity index is 2.16. The van der Waals surface area contributed by atoms with Gasteiger partial charge in [-0.3, -0.25) is 0 Å². The molecule has 4 nitrogen and oxygen atoms in total. The summed E-state index contributed by atoms with van der Waals surface area (Å²) in [4.78, 5) is 17.4. The number of esters is 1. The van der Waals surface area contributed by atoms with Crippen LogP contribution in [-0.4, -0.2) is 25.1 Å². The molecule has 0 saturated carbocycles. The highest BCUT2D eigenvalue weighted by Crippen LogP contribution is 2.33. The number of hydrogen-bond acceptors (Lipinski definition) is 3. The average Bonchev–Trinajstić information content (AvgIpc) is 2.93. The van der Waals surface area contributed by atoms with Crippen molar-refractivity contribution in [2.24, 2.45) is 0 Å². The van der Waals surface area contributed by atoms with Gasteiger partial charge < -0.3 is 14.6 Å². The molecule has 1 heterocycles. The van der Waals surface area contributed by atoms with Crippen molar-refractivity contribution in [2.45, 2.75) is 0 Å². The van der Waals surface area contributed by atoms with Crippen LogP contribution in [-0.2, 0) is 4.74 Å². The first kappa shape index (κ1) is 14.5. The number of halogens is 1. The van der Waals surface area contributed by atoms with Crippen LogP contribution in [0.15, 0.2) is 48.5 Å². The molecule has 3 rings (SSSR count). The first-order chi connectivity index (χ1) is 10.6. The average molecular weight is 315 g/mol. The van der Waals surface area contributed by atoms with E-state index in [1.807, 2.05) is 60.5 Å². The van der Waals surface area contributed by atoms with E-state index in [0.29, 0.717) is 16.4 Å². The molecule has 0 atom stereocenters. The van der Waals surface area contributed by atoms with Gasteiger partial charge in [0.15, 0.2) is 0 Å². The lowest BCUT2D eigenvalue weighted by Gasteiger charge is -2.19. The number of nitrogens with zero attached hydrogens (tertiary/aromatic N) is 1. The van der Waals surface area contributed by atoms with Crippen LogP contribution in [0.4, 0.5) is 11.5 Å². The van der Waals surface area contributed by atoms with Crippen molar-refractivity contribution >= 4 is 40.0 Å². The number of rotatable bonds is 3. The summed E-state index contributed by atoms with van der Waals surface area (Å²) in [5, 5.41) is 1.51. The summed E-state index contributed by atoms with van der Waals surface area (Å²) in [7, 11) is 3.27. The zero-order valence-electron chi connectivity index (χ0n) is 12.3. The number of carbonyl (C=O) groups is 1. The predicted octanol–water partition coefficient (Wildman–Crippen LogP) is 4.38. The Morgan fingerprint density at radius 2 is 1.82 bits per heavy atom. The van der Waals surface area contributed by atoms with Gasteiger partial charge in [-0.2, -0.15) is 0 Å². The molecule has 3 aromatic rings. The Kier molecular flexibility index (Phi) is 3.77. The largest absolute Gasteiger partial charge is 0.465 e. The first-order valence-corrected chi connectivity index (χ1v) is 7.18. The van der Waals surface area contributed by atoms with Gasteiger partial charge in [0.05, 0.1) is 7.11 Å². The molecule has 0 radical (unpaired) electrons. The molecule has 0 saturated heterocycles. The molecule has 0 spiro atoms. The second kappa shape index (κ2) is 5.73. The number of nitrogens with one attached hydrogen (secondary N) is 1. The van der Waals surface area contributed by atoms with E-state index in [1.165, 1.54) is 7.11 Å². The Hall–Kier alpha value is -2.46. The fraction of sp³-hybridized carbons (Fsp3) is 0.118. The number of hydrogen-bond donors (Lipinski definition) is 1. The topological polar surface area (TPSA) is 45.3 Å². The third kappa shape index (κ3) is 2.42. The highest BCUT2D eigenvalue weighted by Gasteiger charge is 2.22. The lowest BCUT2D eigenvalue weighted by Crippen LogP contribution is -2.14. The lowest BCUT2D eigenvalue weighted by atomic mass is 10.1. The third-order valence-electron chi connectivity index (χ3n) is 3.63. The van der Waals surface area contributed by atoms with Crippen LogP contribution in [0.1, 0.15) is 10.4 Å². The van der Waals surface area contributed by atoms with Gasteiger partial charge in [0.2, 0.25) is 0 Å². The number of benzene rings is 2. The minimum absolute atomic E-state index is 0.367. The molecular formula is C17H15ClN2O2. The van der Waals surface area contributed by atoms with Gasteiger partial charge in [-0.15, -0.1) is 0 Å². The van der Waals surface area contributed by atoms with E-state index in [0.717, 1.165) is 16.6 Å². The van der Waals surface area contributed by atoms with E-state index in [4.69, 9.17) is 16.3 Å². The Labute approximate surface area is 133 Å². The van der Waals surface area contributed by atoms with Crippen LogP contribution in [0.3, 0.4) is 0 Å². The van der Waals surface area contributed by atoms with E-state index in [-0.39, 0.29) is 5.97 Å². The zero-order valence-corrected chi connectivity index (χ0v) is 13.0. The molecule has 1 N–H and O–H groups in total. The number of aromatic nitrogens is 1. The van der Waals surface area contributed by atoms with Gasteiger partial charge in [0.25, 0.3) is 0 Å². The summed E-state index contributed by atoms with van der Waals surface area (Å²) in [6, 6.07) is 15.1. The van der Waals surface area contributed by atoms with Crippen LogP contribution in [0.25, 0.3) is 10.9 Å². The highest BCUT2D eigenvalue weighted by atomic mass is 35.5. The van der Waals surface area contributed by atoms with E-state index in [1.54, 1.807) is 0 Å². The van der Waals surface area contributed by atoms with Crippen molar-refractivity contribution in [3.8, 4) is 0 Å². The number of carbonyl (C=O) groups excluding carboxylic acids is 1. The molecule has 22 heavy (non-hydrogen) atoms. The van der Waals surface area contributed by atoms with Crippen LogP contribution in [0.2, 0.25) is 5.02 Å². The quantitative estimate of drug-likeness (QED) is 0.730. The Bertz CT molecular complexity index is 824. The molecule has 0 aliphatic carbocycles. The monoisotopic (exact) mass is 314 g/mol. The van der Waals surface area contributed by atoms with Crippen molar-refractivity contribution in [3.63, 3.8) is 0 Å². The van der Waals surface area contributed by atoms with Crippen LogP contribution in [0.5, 0.6) is 0 Å². The fourth-order valence-corrected chi connectivity index (χ4v) is 2.61. The van der Waals surface area contributed by atoms with Gasteiger partial charge in [-0.05, 0) is 30.3 Å². The zero-order chi connectivity index (χ0) is 15.7. The third-order valence-corrected chi connectivity index (χ3v) is 3.88. The number of fused-ring (bicyclic) bond motifs is 1. The summed E-state index contributed by atoms with van der Waals surface area (Å²) < 4.78 is 4.94. The molecule has 2 aromatic carbocycles. The number of anilines is 2. The molecule has 0 unspecified atom stereocenters. The maximum absolute atomic E-state index is 12.2. The Morgan fingerprint density at radius 1 is 1.14 bits per heavy atom. The maximum Gasteiger partial charge on any atom is 0.342 e. The Morgan fingerprint density at radius 3 is 2.50 bits per heavy atom. The number of H-pyrrole nitrogens is 1. The van der Waals surface area contributed by atoms with Crippen molar-refractivity contribution in [2.75, 3.05) is 19.1 Å². The van der Waals surface area contributed by atoms with Crippen LogP contribution >= 0.6 is 11.6 Å². The van der Waals surface area contributed by atoms with Gasteiger partial charge in [-0.25, -0.2) is 4.79 Å². The standard InChI is InChI=1S/C17H15ClN2O2/c1-20(12-9-7-11(18)8-10-12)16-15(17(21)22-2)13-5-3-4-6-14(13)19-16/h3-10,19H,1-2H3. The SMILES string of the molecule is COC(=O)c1c(N(C)c2ccc(Cl)cc2)[nH]c2ccccc12. The van der Waals surface area contributed by atoms with Gasteiger partial charge in [-0.1, -0.05) is 29.8 Å². The molecule has 1 aromatic heterocycles. The van der Waals surface area contributed by atoms with E-state index < -0.39 is 0 Å². The van der Waals surface area contributed by atoms with E-state index in [9.17, 15) is 4.79 Å². The van der Waals surface area contributed by atoms with Crippen molar-refractivity contribution in [3.05, 3.63) is 59.1 Å². The smallest absolute Gasteiger partial charge is 0.342 e. The maximum atomic E-state index is 12.2. The van der Waals surface area contributed by atoms with Crippen LogP contribution in [0, 0.1) is 0 Å². The van der Waals surface area contributed by atoms with Gasteiger partial charge in [0, 0.05) is 28.7 Å². The van der Waals surface area contributed by atoms with E-state index >= 15 is 0 Å². The molecule has 0 fully saturated rings. The summed E-state index contributed by atoms with van der Waals surface area (Å²) in [6.45, 7) is 0. The predicted molar refractivity (Wildman–Crippen MR) is 89.2 cm³/mol. The number of aromatic amines is 1. The minimum atomic E-state index is -0.367. The highest BCUT2D eigenvalue weighted by molar-refractivity contribution is 6.30. The summed E-state index contributed by atoms with van der Waals surface area (Å²) >= 11 is 5.93. The number of para-hydroxylation sites is 1. The second-order valence-electron chi connectivity index (χ2n) is 4.92. The first-order valence-electron chi connectivity index (χ1n) is 6.80. The molecule has 0 aliphatic rings. The van der Waals surface area contributed by atoms with Gasteiger partial charge >= 0.3 is 5.97 Å². The van der Waals surface area contributed by atoms with Crippen molar-refractivity contribution in [1.82, 2.24) is 4.98 Å². The molecule has 5 heteroatoms. The normalized spacial score (nSPS) is 10.7. The van der Waals surface area contributed by atoms with Crippen molar-refractivity contribution in [1.29, 1.82) is 0 Å². The van der Waals surface area contributed by atoms with Crippen LogP contribution < -0.4 is 4.90 Å². The van der Waals surface area contributed by atoms with Gasteiger partial charge in [0.1, 0.15) is 11.4 Å². The fourth-order valence-electron chi connectivity index (χ4n) is 2.48. The van der Waals surface area contributed by atoms with Crippen molar-refractivity contribution < 1.29 is 9.53 Å². The molecule has 0 amide bonds. The molecule has 0 bridgehead atoms. The number of ether oxygens (including phenoxy) is 1. The minimum Gasteiger partial charge on any atom is -0.465 e. The summed E-state index contributed by atoms with van der Waals surface area (Å²) in [5.41, 5.74) is 2.33. The molecular weight excluding hydrogens is 300 g/mol. The molecule has 0 aliphatic heterocycles. The molecule has 112 valence electrons.